The molecule has 0 aliphatic heterocycles. The molecule has 7 nitrogen and oxygen atoms in total. The van der Waals surface area contributed by atoms with Crippen LogP contribution in [-0.4, -0.2) is 21.2 Å². The van der Waals surface area contributed by atoms with E-state index in [9.17, 15) is 14.9 Å². The number of aromatic nitrogens is 2. The second-order valence-corrected chi connectivity index (χ2v) is 7.22. The zero-order valence-corrected chi connectivity index (χ0v) is 17.1. The van der Waals surface area contributed by atoms with Gasteiger partial charge in [0.25, 0.3) is 11.2 Å². The monoisotopic (exact) mass is 414 g/mol. The molecule has 1 heterocycles. The summed E-state index contributed by atoms with van der Waals surface area (Å²) in [5, 5.41) is 20.7. The van der Waals surface area contributed by atoms with Gasteiger partial charge in [0.05, 0.1) is 16.0 Å². The summed E-state index contributed by atoms with van der Waals surface area (Å²) in [6, 6.07) is 21.4. The summed E-state index contributed by atoms with van der Waals surface area (Å²) in [6.07, 6.45) is 2.00. The third-order valence-electron chi connectivity index (χ3n) is 5.11. The van der Waals surface area contributed by atoms with Gasteiger partial charge in [-0.1, -0.05) is 61.9 Å². The molecule has 0 amide bonds. The second-order valence-electron chi connectivity index (χ2n) is 7.22. The highest BCUT2D eigenvalue weighted by Gasteiger charge is 2.21. The topological polar surface area (TPSA) is 90.1 Å². The van der Waals surface area contributed by atoms with E-state index in [1.54, 1.807) is 24.3 Å². The summed E-state index contributed by atoms with van der Waals surface area (Å²) >= 11 is 0. The molecule has 4 aromatic rings. The van der Waals surface area contributed by atoms with Crippen molar-refractivity contribution in [2.45, 2.75) is 19.8 Å². The third kappa shape index (κ3) is 4.02. The molecule has 0 atom stereocenters. The molecule has 0 bridgehead atoms. The zero-order valence-electron chi connectivity index (χ0n) is 17.1. The number of benzene rings is 3. The van der Waals surface area contributed by atoms with Crippen molar-refractivity contribution in [3.8, 4) is 16.9 Å². The highest BCUT2D eigenvalue weighted by Crippen LogP contribution is 2.29. The summed E-state index contributed by atoms with van der Waals surface area (Å²) < 4.78 is 1.15. The van der Waals surface area contributed by atoms with Gasteiger partial charge in [-0.3, -0.25) is 14.9 Å². The van der Waals surface area contributed by atoms with E-state index in [4.69, 9.17) is 0 Å². The maximum absolute atomic E-state index is 13.3. The van der Waals surface area contributed by atoms with Crippen LogP contribution in [0.1, 0.15) is 19.8 Å². The number of rotatable bonds is 7. The van der Waals surface area contributed by atoms with E-state index in [1.807, 2.05) is 42.5 Å². The van der Waals surface area contributed by atoms with Crippen LogP contribution < -0.4 is 10.9 Å². The normalized spacial score (nSPS) is 10.9. The lowest BCUT2D eigenvalue weighted by Gasteiger charge is -2.13. The van der Waals surface area contributed by atoms with Gasteiger partial charge in [-0.05, 0) is 24.6 Å². The molecule has 7 heteroatoms. The van der Waals surface area contributed by atoms with Gasteiger partial charge in [-0.15, -0.1) is 0 Å². The minimum Gasteiger partial charge on any atom is -0.385 e. The molecular formula is C24H22N4O3. The van der Waals surface area contributed by atoms with E-state index in [0.29, 0.717) is 22.2 Å². The number of hydrogen-bond donors (Lipinski definition) is 1. The maximum Gasteiger partial charge on any atom is 0.295 e. The third-order valence-corrected chi connectivity index (χ3v) is 5.11. The predicted octanol–water partition coefficient (Wildman–Crippen LogP) is 5.17. The molecule has 0 unspecified atom stereocenters. The minimum absolute atomic E-state index is 0.138. The van der Waals surface area contributed by atoms with E-state index in [-0.39, 0.29) is 11.4 Å². The molecule has 156 valence electrons. The first-order valence-electron chi connectivity index (χ1n) is 10.2. The highest BCUT2D eigenvalue weighted by molar-refractivity contribution is 5.94. The van der Waals surface area contributed by atoms with Crippen molar-refractivity contribution in [2.75, 3.05) is 11.9 Å². The minimum atomic E-state index is -0.489. The molecule has 0 spiro atoms. The largest absolute Gasteiger partial charge is 0.385 e. The molecule has 0 saturated heterocycles. The molecule has 0 aliphatic rings. The Morgan fingerprint density at radius 1 is 1.00 bits per heavy atom. The van der Waals surface area contributed by atoms with Crippen molar-refractivity contribution in [2.24, 2.45) is 0 Å². The number of nitrogens with one attached hydrogen (secondary N) is 1. The number of fused-ring (bicyclic) bond motifs is 1. The number of nitro benzene ring substituents is 1. The van der Waals surface area contributed by atoms with Crippen LogP contribution in [-0.2, 0) is 0 Å². The SMILES string of the molecule is CCCCNc1ccc([N+](=O)[O-])c(-n2nc(-c3ccccc3)c3ccccc3c2=O)c1. The summed E-state index contributed by atoms with van der Waals surface area (Å²) in [5.74, 6) is 0. The van der Waals surface area contributed by atoms with Gasteiger partial charge >= 0.3 is 0 Å². The molecule has 1 aromatic heterocycles. The molecule has 31 heavy (non-hydrogen) atoms. The van der Waals surface area contributed by atoms with Gasteiger partial charge in [0, 0.05) is 29.2 Å². The molecule has 0 fully saturated rings. The maximum atomic E-state index is 13.3. The first kappa shape index (κ1) is 20.3. The summed E-state index contributed by atoms with van der Waals surface area (Å²) in [4.78, 5) is 24.6. The Hall–Kier alpha value is -4.00. The van der Waals surface area contributed by atoms with E-state index < -0.39 is 10.5 Å². The second kappa shape index (κ2) is 8.79. The quantitative estimate of drug-likeness (QED) is 0.256. The smallest absolute Gasteiger partial charge is 0.295 e. The van der Waals surface area contributed by atoms with E-state index >= 15 is 0 Å². The lowest BCUT2D eigenvalue weighted by Crippen LogP contribution is -2.23. The van der Waals surface area contributed by atoms with Crippen LogP contribution in [0.4, 0.5) is 11.4 Å². The van der Waals surface area contributed by atoms with Crippen LogP contribution in [0.5, 0.6) is 0 Å². The van der Waals surface area contributed by atoms with Crippen LogP contribution in [0, 0.1) is 10.1 Å². The predicted molar refractivity (Wildman–Crippen MR) is 123 cm³/mol. The summed E-state index contributed by atoms with van der Waals surface area (Å²) in [5.41, 5.74) is 1.69. The molecule has 3 aromatic carbocycles. The van der Waals surface area contributed by atoms with Crippen LogP contribution in [0.3, 0.4) is 0 Å². The molecule has 0 aliphatic carbocycles. The Bertz CT molecular complexity index is 1300. The summed E-state index contributed by atoms with van der Waals surface area (Å²) in [6.45, 7) is 2.83. The molecule has 4 rings (SSSR count). The Labute approximate surface area is 179 Å². The van der Waals surface area contributed by atoms with Crippen LogP contribution in [0.25, 0.3) is 27.7 Å². The van der Waals surface area contributed by atoms with Gasteiger partial charge in [-0.2, -0.15) is 9.78 Å². The number of anilines is 1. The first-order valence-corrected chi connectivity index (χ1v) is 10.2. The Balaban J connectivity index is 1.98. The zero-order chi connectivity index (χ0) is 21.8. The van der Waals surface area contributed by atoms with Crippen LogP contribution in [0.15, 0.2) is 77.6 Å². The number of hydrogen-bond acceptors (Lipinski definition) is 5. The summed E-state index contributed by atoms with van der Waals surface area (Å²) in [7, 11) is 0. The Morgan fingerprint density at radius 3 is 2.42 bits per heavy atom. The van der Waals surface area contributed by atoms with E-state index in [1.165, 1.54) is 6.07 Å². The molecule has 0 radical (unpaired) electrons. The average Bonchev–Trinajstić information content (AvgIpc) is 2.80. The molecule has 0 saturated carbocycles. The fourth-order valence-electron chi connectivity index (χ4n) is 3.53. The van der Waals surface area contributed by atoms with Gasteiger partial charge in [-0.25, -0.2) is 0 Å². The molecular weight excluding hydrogens is 392 g/mol. The van der Waals surface area contributed by atoms with Crippen molar-refractivity contribution in [1.29, 1.82) is 0 Å². The number of nitro groups is 1. The lowest BCUT2D eigenvalue weighted by atomic mass is 10.1. The van der Waals surface area contributed by atoms with Crippen molar-refractivity contribution >= 4 is 22.1 Å². The highest BCUT2D eigenvalue weighted by atomic mass is 16.6. The fourth-order valence-corrected chi connectivity index (χ4v) is 3.53. The van der Waals surface area contributed by atoms with Gasteiger partial charge in [0.15, 0.2) is 0 Å². The van der Waals surface area contributed by atoms with Gasteiger partial charge in [0.1, 0.15) is 5.69 Å². The van der Waals surface area contributed by atoms with Crippen LogP contribution >= 0.6 is 0 Å². The van der Waals surface area contributed by atoms with Crippen molar-refractivity contribution in [1.82, 2.24) is 9.78 Å². The van der Waals surface area contributed by atoms with Gasteiger partial charge < -0.3 is 5.32 Å². The standard InChI is InChI=1S/C24H22N4O3/c1-2-3-15-25-18-13-14-21(28(30)31)22(16-18)27-24(29)20-12-8-7-11-19(20)23(26-27)17-9-5-4-6-10-17/h4-14,16,25H,2-3,15H2,1H3. The number of unbranched alkanes of at least 4 members (excludes halogenated alkanes) is 1. The first-order chi connectivity index (χ1) is 15.1. The Kier molecular flexibility index (Phi) is 5.75. The van der Waals surface area contributed by atoms with E-state index in [0.717, 1.165) is 29.6 Å². The van der Waals surface area contributed by atoms with Crippen LogP contribution in [0.2, 0.25) is 0 Å². The van der Waals surface area contributed by atoms with E-state index in [2.05, 4.69) is 17.3 Å². The molecule has 1 N–H and O–H groups in total. The Morgan fingerprint density at radius 2 is 1.71 bits per heavy atom. The van der Waals surface area contributed by atoms with Crippen molar-refractivity contribution in [3.63, 3.8) is 0 Å². The van der Waals surface area contributed by atoms with Gasteiger partial charge in [0.2, 0.25) is 0 Å². The average molecular weight is 414 g/mol. The lowest BCUT2D eigenvalue weighted by molar-refractivity contribution is -0.384. The number of nitrogens with zero attached hydrogens (tertiary/aromatic N) is 3. The van der Waals surface area contributed by atoms with Crippen molar-refractivity contribution < 1.29 is 4.92 Å². The van der Waals surface area contributed by atoms with Crippen molar-refractivity contribution in [3.05, 3.63) is 93.3 Å². The fraction of sp³-hybridized carbons (Fsp3) is 0.167.